The van der Waals surface area contributed by atoms with Gasteiger partial charge in [0.25, 0.3) is 0 Å². The van der Waals surface area contributed by atoms with Crippen LogP contribution in [-0.4, -0.2) is 14.5 Å². The minimum absolute atomic E-state index is 0.0671. The maximum absolute atomic E-state index is 12.5. The molecule has 0 aromatic heterocycles. The van der Waals surface area contributed by atoms with E-state index in [2.05, 4.69) is 20.7 Å². The van der Waals surface area contributed by atoms with Gasteiger partial charge < -0.3 is 0 Å². The van der Waals surface area contributed by atoms with E-state index >= 15 is 0 Å². The summed E-state index contributed by atoms with van der Waals surface area (Å²) < 4.78 is 28.4. The molecule has 1 fully saturated rings. The van der Waals surface area contributed by atoms with E-state index in [9.17, 15) is 8.42 Å². The summed E-state index contributed by atoms with van der Waals surface area (Å²) in [5, 5.41) is 0.210. The predicted molar refractivity (Wildman–Crippen MR) is 85.8 cm³/mol. The van der Waals surface area contributed by atoms with Gasteiger partial charge in [0.15, 0.2) is 0 Å². The van der Waals surface area contributed by atoms with E-state index in [0.717, 1.165) is 0 Å². The van der Waals surface area contributed by atoms with E-state index < -0.39 is 10.0 Å². The van der Waals surface area contributed by atoms with Crippen LogP contribution >= 0.6 is 39.1 Å². The Hall–Kier alpha value is 0.190. The molecule has 1 aromatic carbocycles. The fourth-order valence-corrected chi connectivity index (χ4v) is 5.96. The first-order valence-electron chi connectivity index (χ1n) is 6.08. The molecule has 1 aliphatic rings. The van der Waals surface area contributed by atoms with E-state index in [1.165, 1.54) is 12.1 Å². The number of nitrogens with one attached hydrogen (secondary N) is 1. The van der Waals surface area contributed by atoms with Crippen molar-refractivity contribution in [3.05, 3.63) is 26.7 Å². The topological polar surface area (TPSA) is 46.2 Å². The highest BCUT2D eigenvalue weighted by molar-refractivity contribution is 9.10. The quantitative estimate of drug-likeness (QED) is 0.813. The molecule has 1 aromatic rings. The number of sulfonamides is 1. The van der Waals surface area contributed by atoms with Crippen molar-refractivity contribution in [1.29, 1.82) is 0 Å². The van der Waals surface area contributed by atoms with Gasteiger partial charge in [-0.05, 0) is 23.0 Å². The molecule has 112 valence electrons. The predicted octanol–water partition coefficient (Wildman–Crippen LogP) is 4.47. The van der Waals surface area contributed by atoms with Crippen molar-refractivity contribution in [3.63, 3.8) is 0 Å². The smallest absolute Gasteiger partial charge is 0.207 e. The van der Waals surface area contributed by atoms with E-state index in [1.54, 1.807) is 0 Å². The average molecular weight is 401 g/mol. The molecule has 3 nitrogen and oxygen atoms in total. The summed E-state index contributed by atoms with van der Waals surface area (Å²) in [5.41, 5.74) is -0.206. The van der Waals surface area contributed by atoms with Gasteiger partial charge in [0, 0.05) is 10.5 Å². The minimum Gasteiger partial charge on any atom is -0.207 e. The van der Waals surface area contributed by atoms with E-state index in [1.807, 2.05) is 27.7 Å². The number of hydrogen-bond donors (Lipinski definition) is 1. The lowest BCUT2D eigenvalue weighted by Crippen LogP contribution is -2.30. The first-order chi connectivity index (χ1) is 8.91. The van der Waals surface area contributed by atoms with Crippen LogP contribution in [0.3, 0.4) is 0 Å². The van der Waals surface area contributed by atoms with Crippen LogP contribution in [0.15, 0.2) is 21.5 Å². The minimum atomic E-state index is -3.75. The molecule has 0 unspecified atom stereocenters. The molecule has 0 saturated heterocycles. The van der Waals surface area contributed by atoms with Gasteiger partial charge in [0.05, 0.1) is 10.0 Å². The maximum Gasteiger partial charge on any atom is 0.243 e. The lowest BCUT2D eigenvalue weighted by molar-refractivity contribution is 0.457. The van der Waals surface area contributed by atoms with Crippen LogP contribution in [0, 0.1) is 10.8 Å². The van der Waals surface area contributed by atoms with Crippen molar-refractivity contribution >= 4 is 49.2 Å². The number of halogens is 3. The number of benzene rings is 1. The fraction of sp³-hybridized carbons (Fsp3) is 0.538. The summed E-state index contributed by atoms with van der Waals surface area (Å²) in [4.78, 5) is -0.0671. The Kier molecular flexibility index (Phi) is 4.01. The Morgan fingerprint density at radius 2 is 1.50 bits per heavy atom. The van der Waals surface area contributed by atoms with Crippen LogP contribution in [0.4, 0.5) is 0 Å². The second-order valence-corrected chi connectivity index (χ2v) is 9.58. The summed E-state index contributed by atoms with van der Waals surface area (Å²) in [5.74, 6) is 0. The average Bonchev–Trinajstić information content (AvgIpc) is 2.58. The van der Waals surface area contributed by atoms with Gasteiger partial charge in [-0.3, -0.25) is 0 Å². The van der Waals surface area contributed by atoms with Crippen LogP contribution in [0.25, 0.3) is 0 Å². The largest absolute Gasteiger partial charge is 0.243 e. The number of hydrogen-bond acceptors (Lipinski definition) is 2. The van der Waals surface area contributed by atoms with Crippen LogP contribution in [0.5, 0.6) is 0 Å². The van der Waals surface area contributed by atoms with E-state index in [-0.39, 0.29) is 31.8 Å². The third kappa shape index (κ3) is 2.52. The Bertz CT molecular complexity index is 634. The summed E-state index contributed by atoms with van der Waals surface area (Å²) in [6.45, 7) is 8.13. The second kappa shape index (κ2) is 4.85. The van der Waals surface area contributed by atoms with E-state index in [4.69, 9.17) is 23.2 Å². The first kappa shape index (κ1) is 16.6. The van der Waals surface area contributed by atoms with Crippen LogP contribution in [-0.2, 0) is 10.0 Å². The SMILES string of the molecule is CC1(C)C(NS(=O)(=O)c2c(Cl)cc(Br)cc2Cl)C1(C)C. The highest BCUT2D eigenvalue weighted by atomic mass is 79.9. The van der Waals surface area contributed by atoms with Gasteiger partial charge in [0.2, 0.25) is 10.0 Å². The highest BCUT2D eigenvalue weighted by Gasteiger charge is 2.66. The summed E-state index contributed by atoms with van der Waals surface area (Å²) in [6, 6.07) is 2.90. The Morgan fingerprint density at radius 3 is 1.85 bits per heavy atom. The standard InChI is InChI=1S/C13H16BrCl2NO2S/c1-12(2)11(13(12,3)4)17-20(18,19)10-8(15)5-7(14)6-9(10)16/h5-6,11,17H,1-4H3. The lowest BCUT2D eigenvalue weighted by Gasteiger charge is -2.11. The van der Waals surface area contributed by atoms with Gasteiger partial charge in [-0.1, -0.05) is 66.8 Å². The van der Waals surface area contributed by atoms with Crippen molar-refractivity contribution in [3.8, 4) is 0 Å². The van der Waals surface area contributed by atoms with Crippen molar-refractivity contribution in [2.24, 2.45) is 10.8 Å². The highest BCUT2D eigenvalue weighted by Crippen LogP contribution is 2.63. The van der Waals surface area contributed by atoms with Crippen LogP contribution < -0.4 is 4.72 Å². The van der Waals surface area contributed by atoms with Gasteiger partial charge in [-0.2, -0.15) is 0 Å². The van der Waals surface area contributed by atoms with Gasteiger partial charge in [-0.15, -0.1) is 0 Å². The molecule has 1 aliphatic carbocycles. The zero-order valence-electron chi connectivity index (χ0n) is 11.6. The normalized spacial score (nSPS) is 20.9. The first-order valence-corrected chi connectivity index (χ1v) is 9.11. The Morgan fingerprint density at radius 1 is 1.10 bits per heavy atom. The number of rotatable bonds is 3. The van der Waals surface area contributed by atoms with Crippen molar-refractivity contribution in [2.75, 3.05) is 0 Å². The molecule has 7 heteroatoms. The molecule has 20 heavy (non-hydrogen) atoms. The van der Waals surface area contributed by atoms with Gasteiger partial charge in [0.1, 0.15) is 4.90 Å². The Labute approximate surface area is 138 Å². The molecule has 0 heterocycles. The zero-order chi connectivity index (χ0) is 15.5. The molecule has 0 amide bonds. The molecule has 0 bridgehead atoms. The molecule has 0 spiro atoms. The van der Waals surface area contributed by atoms with Crippen LogP contribution in [0.1, 0.15) is 27.7 Å². The maximum atomic E-state index is 12.5. The fourth-order valence-electron chi connectivity index (χ4n) is 2.49. The van der Waals surface area contributed by atoms with Crippen molar-refractivity contribution in [2.45, 2.75) is 38.6 Å². The molecule has 0 aliphatic heterocycles. The molecule has 0 atom stereocenters. The monoisotopic (exact) mass is 399 g/mol. The molecule has 2 rings (SSSR count). The second-order valence-electron chi connectivity index (χ2n) is 6.20. The third-order valence-electron chi connectivity index (χ3n) is 4.53. The van der Waals surface area contributed by atoms with Crippen LogP contribution in [0.2, 0.25) is 10.0 Å². The third-order valence-corrected chi connectivity index (χ3v) is 7.33. The summed E-state index contributed by atoms with van der Waals surface area (Å²) in [6.07, 6.45) is 0. The molecule has 0 radical (unpaired) electrons. The molecule has 1 saturated carbocycles. The Balaban J connectivity index is 2.39. The van der Waals surface area contributed by atoms with Crippen molar-refractivity contribution < 1.29 is 8.42 Å². The van der Waals surface area contributed by atoms with Gasteiger partial charge >= 0.3 is 0 Å². The zero-order valence-corrected chi connectivity index (χ0v) is 15.5. The lowest BCUT2D eigenvalue weighted by atomic mass is 10.0. The summed E-state index contributed by atoms with van der Waals surface area (Å²) in [7, 11) is -3.75. The molecular weight excluding hydrogens is 385 g/mol. The molecular formula is C13H16BrCl2NO2S. The molecule has 1 N–H and O–H groups in total. The van der Waals surface area contributed by atoms with Crippen molar-refractivity contribution in [1.82, 2.24) is 4.72 Å². The summed E-state index contributed by atoms with van der Waals surface area (Å²) >= 11 is 15.3. The van der Waals surface area contributed by atoms with E-state index in [0.29, 0.717) is 4.47 Å². The van der Waals surface area contributed by atoms with Gasteiger partial charge in [-0.25, -0.2) is 13.1 Å².